The van der Waals surface area contributed by atoms with Crippen molar-refractivity contribution in [2.24, 2.45) is 10.2 Å². The van der Waals surface area contributed by atoms with Gasteiger partial charge in [-0.05, 0) is 17.7 Å². The van der Waals surface area contributed by atoms with Crippen LogP contribution < -0.4 is 0 Å². The molecule has 0 radical (unpaired) electrons. The molecule has 0 bridgehead atoms. The molecule has 0 fully saturated rings. The molecule has 0 saturated carbocycles. The molecule has 0 amide bonds. The minimum atomic E-state index is -0.734. The first-order valence-corrected chi connectivity index (χ1v) is 8.58. The number of nitrogens with zero attached hydrogens (tertiary/aromatic N) is 4. The Morgan fingerprint density at radius 1 is 0.778 bits per heavy atom. The fourth-order valence-corrected chi connectivity index (χ4v) is 2.85. The van der Waals surface area contributed by atoms with Crippen LogP contribution in [0.15, 0.2) is 101 Å². The van der Waals surface area contributed by atoms with E-state index in [1.165, 1.54) is 6.33 Å². The van der Waals surface area contributed by atoms with Crippen molar-refractivity contribution in [3.8, 4) is 0 Å². The Bertz CT molecular complexity index is 1090. The molecule has 0 N–H and O–H groups in total. The number of ketones is 1. The number of hydrogen-bond donors (Lipinski definition) is 0. The zero-order valence-corrected chi connectivity index (χ0v) is 14.4. The molecule has 0 aliphatic rings. The van der Waals surface area contributed by atoms with Crippen LogP contribution in [0.5, 0.6) is 0 Å². The van der Waals surface area contributed by atoms with Crippen molar-refractivity contribution in [3.05, 3.63) is 102 Å². The van der Waals surface area contributed by atoms with E-state index < -0.39 is 6.04 Å². The zero-order chi connectivity index (χ0) is 18.5. The van der Waals surface area contributed by atoms with Gasteiger partial charge in [0.05, 0.1) is 5.52 Å². The molecule has 1 atom stereocenters. The zero-order valence-electron chi connectivity index (χ0n) is 14.4. The van der Waals surface area contributed by atoms with Crippen molar-refractivity contribution in [2.75, 3.05) is 0 Å². The molecular formula is C22H16N4O. The Morgan fingerprint density at radius 2 is 1.44 bits per heavy atom. The first-order chi connectivity index (χ1) is 13.3. The highest BCUT2D eigenvalue weighted by atomic mass is 16.1. The number of benzene rings is 3. The first-order valence-electron chi connectivity index (χ1n) is 8.58. The Kier molecular flexibility index (Phi) is 4.74. The highest BCUT2D eigenvalue weighted by Crippen LogP contribution is 2.27. The van der Waals surface area contributed by atoms with Crippen LogP contribution in [0.1, 0.15) is 22.0 Å². The summed E-state index contributed by atoms with van der Waals surface area (Å²) in [6.07, 6.45) is 1.45. The van der Waals surface area contributed by atoms with E-state index in [9.17, 15) is 4.79 Å². The summed E-state index contributed by atoms with van der Waals surface area (Å²) < 4.78 is 0. The van der Waals surface area contributed by atoms with E-state index in [0.29, 0.717) is 11.4 Å². The molecule has 0 aliphatic carbocycles. The van der Waals surface area contributed by atoms with E-state index in [1.54, 1.807) is 12.1 Å². The van der Waals surface area contributed by atoms with Crippen molar-refractivity contribution in [1.29, 1.82) is 0 Å². The molecule has 5 heteroatoms. The number of carbonyl (C=O) groups is 1. The average Bonchev–Trinajstić information content (AvgIpc) is 2.75. The third kappa shape index (κ3) is 3.62. The summed E-state index contributed by atoms with van der Waals surface area (Å²) in [5.41, 5.74) is 2.17. The third-order valence-electron chi connectivity index (χ3n) is 4.21. The smallest absolute Gasteiger partial charge is 0.193 e. The largest absolute Gasteiger partial charge is 0.291 e. The van der Waals surface area contributed by atoms with Crippen LogP contribution in [0.2, 0.25) is 0 Å². The van der Waals surface area contributed by atoms with E-state index >= 15 is 0 Å². The molecule has 5 nitrogen and oxygen atoms in total. The van der Waals surface area contributed by atoms with Gasteiger partial charge in [0.1, 0.15) is 6.33 Å². The fraction of sp³-hybridized carbons (Fsp3) is 0.0455. The van der Waals surface area contributed by atoms with Crippen LogP contribution in [-0.2, 0) is 0 Å². The molecule has 1 unspecified atom stereocenters. The Hall–Kier alpha value is -3.73. The molecule has 0 saturated heterocycles. The maximum atomic E-state index is 13.0. The normalized spacial score (nSPS) is 12.3. The Labute approximate surface area is 156 Å². The van der Waals surface area contributed by atoms with Crippen LogP contribution in [0.25, 0.3) is 10.9 Å². The van der Waals surface area contributed by atoms with E-state index in [4.69, 9.17) is 0 Å². The second kappa shape index (κ2) is 7.66. The van der Waals surface area contributed by atoms with Gasteiger partial charge in [-0.25, -0.2) is 9.97 Å². The van der Waals surface area contributed by atoms with Gasteiger partial charge in [-0.15, -0.1) is 5.11 Å². The standard InChI is InChI=1S/C22H16N4O/c27-21(17-11-5-2-6-12-17)20(16-9-3-1-4-10-16)25-26-22-18-13-7-8-14-19(18)23-15-24-22/h1-15,20H. The predicted molar refractivity (Wildman–Crippen MR) is 104 cm³/mol. The SMILES string of the molecule is O=C(c1ccccc1)C(N=Nc1ncnc2ccccc12)c1ccccc1. The topological polar surface area (TPSA) is 67.6 Å². The van der Waals surface area contributed by atoms with Gasteiger partial charge in [0.2, 0.25) is 0 Å². The third-order valence-corrected chi connectivity index (χ3v) is 4.21. The number of para-hydroxylation sites is 1. The number of fused-ring (bicyclic) bond motifs is 1. The number of Topliss-reactive ketones (excluding diaryl/α,β-unsaturated/α-hetero) is 1. The van der Waals surface area contributed by atoms with Crippen LogP contribution in [0.4, 0.5) is 5.82 Å². The lowest BCUT2D eigenvalue weighted by molar-refractivity contribution is 0.0959. The van der Waals surface area contributed by atoms with Gasteiger partial charge in [-0.3, -0.25) is 4.79 Å². The van der Waals surface area contributed by atoms with Crippen molar-refractivity contribution in [3.63, 3.8) is 0 Å². The average molecular weight is 352 g/mol. The number of rotatable bonds is 5. The molecule has 0 aliphatic heterocycles. The monoisotopic (exact) mass is 352 g/mol. The summed E-state index contributed by atoms with van der Waals surface area (Å²) in [5.74, 6) is 0.339. The maximum absolute atomic E-state index is 13.0. The van der Waals surface area contributed by atoms with Gasteiger partial charge < -0.3 is 0 Å². The number of aromatic nitrogens is 2. The predicted octanol–water partition coefficient (Wildman–Crippen LogP) is 5.34. The highest BCUT2D eigenvalue weighted by Gasteiger charge is 2.21. The summed E-state index contributed by atoms with van der Waals surface area (Å²) in [5, 5.41) is 9.48. The molecule has 3 aromatic carbocycles. The summed E-state index contributed by atoms with van der Waals surface area (Å²) >= 11 is 0. The van der Waals surface area contributed by atoms with E-state index in [2.05, 4.69) is 20.2 Å². The lowest BCUT2D eigenvalue weighted by atomic mass is 9.98. The van der Waals surface area contributed by atoms with Crippen molar-refractivity contribution < 1.29 is 4.79 Å². The van der Waals surface area contributed by atoms with Gasteiger partial charge in [0.25, 0.3) is 0 Å². The van der Waals surface area contributed by atoms with E-state index in [-0.39, 0.29) is 5.78 Å². The van der Waals surface area contributed by atoms with Crippen molar-refractivity contribution >= 4 is 22.5 Å². The van der Waals surface area contributed by atoms with Crippen LogP contribution in [-0.4, -0.2) is 15.8 Å². The van der Waals surface area contributed by atoms with Gasteiger partial charge in [-0.2, -0.15) is 5.11 Å². The Morgan fingerprint density at radius 3 is 2.22 bits per heavy atom. The van der Waals surface area contributed by atoms with Gasteiger partial charge >= 0.3 is 0 Å². The van der Waals surface area contributed by atoms with E-state index in [1.807, 2.05) is 72.8 Å². The lowest BCUT2D eigenvalue weighted by Crippen LogP contribution is -2.10. The van der Waals surface area contributed by atoms with E-state index in [0.717, 1.165) is 16.5 Å². The van der Waals surface area contributed by atoms with Crippen molar-refractivity contribution in [1.82, 2.24) is 9.97 Å². The molecule has 130 valence electrons. The number of hydrogen-bond acceptors (Lipinski definition) is 5. The fourth-order valence-electron chi connectivity index (χ4n) is 2.85. The van der Waals surface area contributed by atoms with Gasteiger partial charge in [-0.1, -0.05) is 72.8 Å². The van der Waals surface area contributed by atoms with Crippen molar-refractivity contribution in [2.45, 2.75) is 6.04 Å². The maximum Gasteiger partial charge on any atom is 0.193 e. The molecule has 1 heterocycles. The molecule has 1 aromatic heterocycles. The number of azo groups is 1. The van der Waals surface area contributed by atoms with Crippen LogP contribution in [0.3, 0.4) is 0 Å². The molecule has 27 heavy (non-hydrogen) atoms. The minimum absolute atomic E-state index is 0.107. The lowest BCUT2D eigenvalue weighted by Gasteiger charge is -2.11. The minimum Gasteiger partial charge on any atom is -0.291 e. The van der Waals surface area contributed by atoms with Gasteiger partial charge in [0.15, 0.2) is 17.6 Å². The summed E-state index contributed by atoms with van der Waals surface area (Å²) in [7, 11) is 0. The molecular weight excluding hydrogens is 336 g/mol. The molecule has 4 rings (SSSR count). The second-order valence-electron chi connectivity index (χ2n) is 5.97. The number of carbonyl (C=O) groups excluding carboxylic acids is 1. The highest BCUT2D eigenvalue weighted by molar-refractivity contribution is 6.00. The van der Waals surface area contributed by atoms with Crippen LogP contribution >= 0.6 is 0 Å². The molecule has 4 aromatic rings. The quantitative estimate of drug-likeness (QED) is 0.360. The summed E-state index contributed by atoms with van der Waals surface area (Å²) in [6.45, 7) is 0. The summed E-state index contributed by atoms with van der Waals surface area (Å²) in [6, 6.07) is 25.4. The van der Waals surface area contributed by atoms with Gasteiger partial charge in [0, 0.05) is 10.9 Å². The summed E-state index contributed by atoms with van der Waals surface area (Å²) in [4.78, 5) is 21.5. The molecule has 0 spiro atoms. The first kappa shape index (κ1) is 16.7. The second-order valence-corrected chi connectivity index (χ2v) is 5.97. The Balaban J connectivity index is 1.75. The van der Waals surface area contributed by atoms with Crippen LogP contribution in [0, 0.1) is 0 Å².